The molecule has 158 valence electrons. The molecule has 1 fully saturated rings. The van der Waals surface area contributed by atoms with Crippen LogP contribution in [-0.4, -0.2) is 21.6 Å². The van der Waals surface area contributed by atoms with Crippen LogP contribution in [0.1, 0.15) is 18.4 Å². The monoisotopic (exact) mass is 437 g/mol. The number of nitrogens with one attached hydrogen (secondary N) is 1. The van der Waals surface area contributed by atoms with Crippen LogP contribution in [0.15, 0.2) is 62.5 Å². The van der Waals surface area contributed by atoms with Crippen molar-refractivity contribution >= 4 is 39.6 Å². The zero-order chi connectivity index (χ0) is 21.5. The van der Waals surface area contributed by atoms with Gasteiger partial charge in [-0.05, 0) is 48.6 Å². The molecule has 2 aromatic heterocycles. The Morgan fingerprint density at radius 3 is 2.55 bits per heavy atom. The molecule has 1 aliphatic carbocycles. The van der Waals surface area contributed by atoms with Crippen LogP contribution in [0.2, 0.25) is 5.02 Å². The minimum absolute atomic E-state index is 0.0600. The minimum atomic E-state index is -0.606. The van der Waals surface area contributed by atoms with Crippen molar-refractivity contribution in [2.24, 2.45) is 5.92 Å². The molecule has 0 saturated heterocycles. The first kappa shape index (κ1) is 19.6. The molecule has 2 heterocycles. The van der Waals surface area contributed by atoms with Crippen LogP contribution in [0.25, 0.3) is 22.1 Å². The molecule has 8 heteroatoms. The van der Waals surface area contributed by atoms with Crippen molar-refractivity contribution in [2.45, 2.75) is 25.9 Å². The molecular weight excluding hydrogens is 418 g/mol. The first-order chi connectivity index (χ1) is 15.0. The second kappa shape index (κ2) is 7.74. The van der Waals surface area contributed by atoms with Crippen LogP contribution >= 0.6 is 11.6 Å². The molecule has 0 aliphatic heterocycles. The first-order valence-electron chi connectivity index (χ1n) is 10.2. The fourth-order valence-corrected chi connectivity index (χ4v) is 3.86. The van der Waals surface area contributed by atoms with E-state index < -0.39 is 11.2 Å². The average Bonchev–Trinajstić information content (AvgIpc) is 3.52. The van der Waals surface area contributed by atoms with E-state index in [-0.39, 0.29) is 24.6 Å². The molecule has 0 radical (unpaired) electrons. The van der Waals surface area contributed by atoms with E-state index in [9.17, 15) is 14.4 Å². The number of nitrogens with zero attached hydrogens (tertiary/aromatic N) is 2. The fourth-order valence-electron chi connectivity index (χ4n) is 3.73. The van der Waals surface area contributed by atoms with Crippen molar-refractivity contribution < 1.29 is 9.21 Å². The number of amides is 1. The number of halogens is 1. The lowest BCUT2D eigenvalue weighted by Gasteiger charge is -2.12. The number of furan rings is 1. The Morgan fingerprint density at radius 1 is 1.06 bits per heavy atom. The predicted octanol–water partition coefficient (Wildman–Crippen LogP) is 3.14. The number of carbonyl (C=O) groups is 1. The van der Waals surface area contributed by atoms with Crippen molar-refractivity contribution in [1.82, 2.24) is 14.5 Å². The van der Waals surface area contributed by atoms with Crippen LogP contribution in [-0.2, 0) is 17.9 Å². The highest BCUT2D eigenvalue weighted by molar-refractivity contribution is 6.30. The van der Waals surface area contributed by atoms with Crippen molar-refractivity contribution in [3.8, 4) is 0 Å². The zero-order valence-electron chi connectivity index (χ0n) is 16.6. The maximum Gasteiger partial charge on any atom is 0.332 e. The number of aromatic nitrogens is 2. The summed E-state index contributed by atoms with van der Waals surface area (Å²) in [6.07, 6.45) is 2.19. The summed E-state index contributed by atoms with van der Waals surface area (Å²) in [7, 11) is 0. The van der Waals surface area contributed by atoms with Gasteiger partial charge in [0.1, 0.15) is 17.6 Å². The van der Waals surface area contributed by atoms with Crippen LogP contribution < -0.4 is 16.6 Å². The van der Waals surface area contributed by atoms with Gasteiger partial charge in [0.2, 0.25) is 11.5 Å². The van der Waals surface area contributed by atoms with E-state index in [4.69, 9.17) is 16.0 Å². The van der Waals surface area contributed by atoms with Crippen molar-refractivity contribution in [1.29, 1.82) is 0 Å². The lowest BCUT2D eigenvalue weighted by atomic mass is 10.2. The molecule has 0 spiro atoms. The Morgan fingerprint density at radius 2 is 1.81 bits per heavy atom. The highest BCUT2D eigenvalue weighted by Crippen LogP contribution is 2.28. The lowest BCUT2D eigenvalue weighted by molar-refractivity contribution is -0.121. The number of fused-ring (bicyclic) bond motifs is 3. The Labute approximate surface area is 181 Å². The Balaban J connectivity index is 1.65. The largest absolute Gasteiger partial charge is 0.449 e. The molecule has 4 aromatic rings. The summed E-state index contributed by atoms with van der Waals surface area (Å²) < 4.78 is 8.25. The van der Waals surface area contributed by atoms with E-state index in [1.54, 1.807) is 24.3 Å². The normalized spacial score (nSPS) is 13.7. The molecule has 0 unspecified atom stereocenters. The second-order valence-electron chi connectivity index (χ2n) is 7.91. The van der Waals surface area contributed by atoms with Crippen LogP contribution in [0.3, 0.4) is 0 Å². The smallest absolute Gasteiger partial charge is 0.332 e. The van der Waals surface area contributed by atoms with Gasteiger partial charge in [-0.1, -0.05) is 35.9 Å². The van der Waals surface area contributed by atoms with Gasteiger partial charge in [0.05, 0.1) is 6.54 Å². The van der Waals surface area contributed by atoms with E-state index in [2.05, 4.69) is 5.32 Å². The molecule has 0 bridgehead atoms. The zero-order valence-corrected chi connectivity index (χ0v) is 17.4. The number of hydrogen-bond donors (Lipinski definition) is 1. The Bertz CT molecular complexity index is 1410. The number of hydrogen-bond acceptors (Lipinski definition) is 4. The predicted molar refractivity (Wildman–Crippen MR) is 119 cm³/mol. The van der Waals surface area contributed by atoms with Crippen LogP contribution in [0.4, 0.5) is 0 Å². The van der Waals surface area contributed by atoms with Gasteiger partial charge in [0, 0.05) is 17.0 Å². The summed E-state index contributed by atoms with van der Waals surface area (Å²) in [6.45, 7) is 0.428. The summed E-state index contributed by atoms with van der Waals surface area (Å²) in [4.78, 5) is 38.9. The topological polar surface area (TPSA) is 86.2 Å². The second-order valence-corrected chi connectivity index (χ2v) is 8.35. The fraction of sp³-hybridized carbons (Fsp3) is 0.261. The van der Waals surface area contributed by atoms with Crippen molar-refractivity contribution in [3.63, 3.8) is 0 Å². The van der Waals surface area contributed by atoms with Gasteiger partial charge in [-0.2, -0.15) is 0 Å². The Hall–Kier alpha value is -3.32. The first-order valence-corrected chi connectivity index (χ1v) is 10.5. The molecule has 1 amide bonds. The van der Waals surface area contributed by atoms with Gasteiger partial charge >= 0.3 is 5.69 Å². The summed E-state index contributed by atoms with van der Waals surface area (Å²) in [5.74, 6) is 0.139. The average molecular weight is 438 g/mol. The number of para-hydroxylation sites is 1. The van der Waals surface area contributed by atoms with Gasteiger partial charge in [0.25, 0.3) is 5.56 Å². The third-order valence-corrected chi connectivity index (χ3v) is 5.83. The number of rotatable bonds is 6. The van der Waals surface area contributed by atoms with E-state index >= 15 is 0 Å². The summed E-state index contributed by atoms with van der Waals surface area (Å²) in [5.41, 5.74) is 0.668. The molecule has 1 saturated carbocycles. The molecule has 7 nitrogen and oxygen atoms in total. The van der Waals surface area contributed by atoms with Crippen molar-refractivity contribution in [3.05, 3.63) is 80.0 Å². The van der Waals surface area contributed by atoms with Crippen LogP contribution in [0, 0.1) is 5.92 Å². The summed E-state index contributed by atoms with van der Waals surface area (Å²) in [6, 6.07) is 14.3. The third-order valence-electron chi connectivity index (χ3n) is 5.58. The van der Waals surface area contributed by atoms with E-state index in [1.165, 1.54) is 4.57 Å². The third kappa shape index (κ3) is 3.77. The van der Waals surface area contributed by atoms with E-state index in [0.29, 0.717) is 34.0 Å². The van der Waals surface area contributed by atoms with Gasteiger partial charge in [-0.15, -0.1) is 0 Å². The highest BCUT2D eigenvalue weighted by Gasteiger charge is 2.24. The lowest BCUT2D eigenvalue weighted by Crippen LogP contribution is -2.44. The maximum absolute atomic E-state index is 13.4. The van der Waals surface area contributed by atoms with Gasteiger partial charge in [-0.25, -0.2) is 9.36 Å². The quantitative estimate of drug-likeness (QED) is 0.502. The number of carbonyl (C=O) groups excluding carboxylic acids is 1. The molecule has 0 atom stereocenters. The standard InChI is InChI=1S/C23H20ClN3O4/c24-16-9-7-15(8-10-16)12-26-20-17-3-1-2-4-18(17)31-21(20)22(29)27(23(26)30)13-19(28)25-11-14-5-6-14/h1-4,7-10,14H,5-6,11-13H2,(H,25,28). The van der Waals surface area contributed by atoms with Gasteiger partial charge < -0.3 is 9.73 Å². The summed E-state index contributed by atoms with van der Waals surface area (Å²) in [5, 5.41) is 4.07. The van der Waals surface area contributed by atoms with E-state index in [0.717, 1.165) is 23.0 Å². The SMILES string of the molecule is O=C(Cn1c(=O)c2oc3ccccc3c2n(Cc2ccc(Cl)cc2)c1=O)NCC1CC1. The minimum Gasteiger partial charge on any atom is -0.449 e. The van der Waals surface area contributed by atoms with Gasteiger partial charge in [-0.3, -0.25) is 14.2 Å². The Kier molecular flexibility index (Phi) is 4.90. The molecule has 2 aromatic carbocycles. The molecule has 5 rings (SSSR count). The molecular formula is C23H20ClN3O4. The number of benzene rings is 2. The molecule has 1 N–H and O–H groups in total. The van der Waals surface area contributed by atoms with Crippen LogP contribution in [0.5, 0.6) is 0 Å². The maximum atomic E-state index is 13.4. The van der Waals surface area contributed by atoms with Crippen molar-refractivity contribution in [2.75, 3.05) is 6.54 Å². The summed E-state index contributed by atoms with van der Waals surface area (Å²) >= 11 is 5.99. The van der Waals surface area contributed by atoms with Gasteiger partial charge in [0.15, 0.2) is 0 Å². The highest BCUT2D eigenvalue weighted by atomic mass is 35.5. The van der Waals surface area contributed by atoms with E-state index in [1.807, 2.05) is 24.3 Å². The molecule has 1 aliphatic rings. The molecule has 31 heavy (non-hydrogen) atoms.